The van der Waals surface area contributed by atoms with Gasteiger partial charge in [-0.15, -0.1) is 11.8 Å². The summed E-state index contributed by atoms with van der Waals surface area (Å²) in [5.74, 6) is 0.0132. The van der Waals surface area contributed by atoms with Crippen LogP contribution in [0.3, 0.4) is 0 Å². The Hall–Kier alpha value is -2.76. The Morgan fingerprint density at radius 3 is 2.24 bits per heavy atom. The summed E-state index contributed by atoms with van der Waals surface area (Å²) in [5.41, 5.74) is 1.89. The Balaban J connectivity index is 1.91. The summed E-state index contributed by atoms with van der Waals surface area (Å²) in [6, 6.07) is 26.5. The molecule has 178 valence electrons. The van der Waals surface area contributed by atoms with E-state index in [1.54, 1.807) is 11.0 Å². The molecular formula is C28H31ClN2O2S. The van der Waals surface area contributed by atoms with Crippen molar-refractivity contribution in [3.63, 3.8) is 0 Å². The topological polar surface area (TPSA) is 49.4 Å². The number of amides is 2. The van der Waals surface area contributed by atoms with E-state index in [0.29, 0.717) is 18.0 Å². The largest absolute Gasteiger partial charge is 0.352 e. The highest BCUT2D eigenvalue weighted by Gasteiger charge is 2.31. The number of halogens is 1. The van der Waals surface area contributed by atoms with Crippen LogP contribution in [0.15, 0.2) is 89.8 Å². The number of hydrogen-bond donors (Lipinski definition) is 1. The maximum absolute atomic E-state index is 13.6. The van der Waals surface area contributed by atoms with Crippen molar-refractivity contribution in [3.8, 4) is 0 Å². The van der Waals surface area contributed by atoms with E-state index in [1.165, 1.54) is 11.8 Å². The Morgan fingerprint density at radius 2 is 1.59 bits per heavy atom. The molecule has 2 amide bonds. The summed E-state index contributed by atoms with van der Waals surface area (Å²) in [5, 5.41) is 3.69. The lowest BCUT2D eigenvalue weighted by molar-refractivity contribution is -0.139. The Kier molecular flexibility index (Phi) is 10.0. The molecule has 0 aliphatic heterocycles. The van der Waals surface area contributed by atoms with Crippen LogP contribution in [0.2, 0.25) is 5.02 Å². The first-order valence-electron chi connectivity index (χ1n) is 11.5. The maximum Gasteiger partial charge on any atom is 0.243 e. The van der Waals surface area contributed by atoms with Gasteiger partial charge in [-0.3, -0.25) is 9.59 Å². The SMILES string of the molecule is CC[C@H](C)NC(=O)[C@H](Cc1ccccc1)N(Cc1cccc(Cl)c1)C(=O)CSc1ccccc1. The van der Waals surface area contributed by atoms with Gasteiger partial charge in [0, 0.05) is 28.9 Å². The molecule has 3 aromatic carbocycles. The summed E-state index contributed by atoms with van der Waals surface area (Å²) in [6.07, 6.45) is 1.25. The van der Waals surface area contributed by atoms with Crippen LogP contribution in [0.25, 0.3) is 0 Å². The minimum atomic E-state index is -0.640. The van der Waals surface area contributed by atoms with Gasteiger partial charge in [-0.25, -0.2) is 0 Å². The average Bonchev–Trinajstić information content (AvgIpc) is 2.85. The van der Waals surface area contributed by atoms with Crippen molar-refractivity contribution < 1.29 is 9.59 Å². The zero-order chi connectivity index (χ0) is 24.3. The molecule has 0 saturated heterocycles. The van der Waals surface area contributed by atoms with Crippen molar-refractivity contribution in [1.82, 2.24) is 10.2 Å². The predicted octanol–water partition coefficient (Wildman–Crippen LogP) is 5.99. The molecule has 0 fully saturated rings. The van der Waals surface area contributed by atoms with E-state index in [4.69, 9.17) is 11.6 Å². The van der Waals surface area contributed by atoms with Crippen LogP contribution in [0, 0.1) is 0 Å². The van der Waals surface area contributed by atoms with E-state index < -0.39 is 6.04 Å². The Labute approximate surface area is 211 Å². The van der Waals surface area contributed by atoms with Gasteiger partial charge < -0.3 is 10.2 Å². The summed E-state index contributed by atoms with van der Waals surface area (Å²) in [7, 11) is 0. The summed E-state index contributed by atoms with van der Waals surface area (Å²) in [4.78, 5) is 29.8. The number of carbonyl (C=O) groups is 2. The lowest BCUT2D eigenvalue weighted by Crippen LogP contribution is -2.52. The zero-order valence-electron chi connectivity index (χ0n) is 19.6. The summed E-state index contributed by atoms with van der Waals surface area (Å²) < 4.78 is 0. The Morgan fingerprint density at radius 1 is 0.941 bits per heavy atom. The van der Waals surface area contributed by atoms with Gasteiger partial charge in [0.15, 0.2) is 0 Å². The summed E-state index contributed by atoms with van der Waals surface area (Å²) >= 11 is 7.70. The van der Waals surface area contributed by atoms with E-state index in [1.807, 2.05) is 92.7 Å². The second-order valence-corrected chi connectivity index (χ2v) is 9.76. The fourth-order valence-corrected chi connectivity index (χ4v) is 4.59. The molecule has 0 saturated carbocycles. The Bertz CT molecular complexity index is 1060. The van der Waals surface area contributed by atoms with Gasteiger partial charge in [0.25, 0.3) is 0 Å². The van der Waals surface area contributed by atoms with Crippen LogP contribution in [0.5, 0.6) is 0 Å². The van der Waals surface area contributed by atoms with Crippen molar-refractivity contribution in [2.45, 2.75) is 50.2 Å². The smallest absolute Gasteiger partial charge is 0.243 e. The number of rotatable bonds is 11. The molecule has 0 aliphatic rings. The van der Waals surface area contributed by atoms with E-state index in [2.05, 4.69) is 5.32 Å². The normalized spacial score (nSPS) is 12.6. The van der Waals surface area contributed by atoms with E-state index in [-0.39, 0.29) is 23.6 Å². The van der Waals surface area contributed by atoms with Crippen molar-refractivity contribution in [2.24, 2.45) is 0 Å². The van der Waals surface area contributed by atoms with Crippen LogP contribution >= 0.6 is 23.4 Å². The van der Waals surface area contributed by atoms with Crippen molar-refractivity contribution in [2.75, 3.05) is 5.75 Å². The first kappa shape index (κ1) is 25.9. The quantitative estimate of drug-likeness (QED) is 0.333. The molecule has 3 aromatic rings. The third kappa shape index (κ3) is 7.93. The molecule has 34 heavy (non-hydrogen) atoms. The van der Waals surface area contributed by atoms with Gasteiger partial charge >= 0.3 is 0 Å². The first-order chi connectivity index (χ1) is 16.5. The highest BCUT2D eigenvalue weighted by Crippen LogP contribution is 2.22. The van der Waals surface area contributed by atoms with E-state index in [0.717, 1.165) is 22.4 Å². The van der Waals surface area contributed by atoms with Crippen LogP contribution in [0.4, 0.5) is 0 Å². The molecule has 0 heterocycles. The molecule has 4 nitrogen and oxygen atoms in total. The summed E-state index contributed by atoms with van der Waals surface area (Å²) in [6.45, 7) is 4.31. The molecule has 0 aliphatic carbocycles. The van der Waals surface area contributed by atoms with Gasteiger partial charge in [-0.1, -0.05) is 79.2 Å². The minimum absolute atomic E-state index is 0.0209. The first-order valence-corrected chi connectivity index (χ1v) is 12.9. The number of carbonyl (C=O) groups excluding carboxylic acids is 2. The van der Waals surface area contributed by atoms with E-state index >= 15 is 0 Å². The maximum atomic E-state index is 13.6. The lowest BCUT2D eigenvalue weighted by Gasteiger charge is -2.32. The fourth-order valence-electron chi connectivity index (χ4n) is 3.57. The number of benzene rings is 3. The average molecular weight is 495 g/mol. The number of thioether (sulfide) groups is 1. The van der Waals surface area contributed by atoms with Crippen LogP contribution < -0.4 is 5.32 Å². The van der Waals surface area contributed by atoms with Gasteiger partial charge in [0.1, 0.15) is 6.04 Å². The molecule has 1 N–H and O–H groups in total. The highest BCUT2D eigenvalue weighted by molar-refractivity contribution is 8.00. The van der Waals surface area contributed by atoms with Gasteiger partial charge in [-0.2, -0.15) is 0 Å². The third-order valence-corrected chi connectivity index (χ3v) is 6.85. The van der Waals surface area contributed by atoms with Gasteiger partial charge in [0.2, 0.25) is 11.8 Å². The van der Waals surface area contributed by atoms with Gasteiger partial charge in [0.05, 0.1) is 5.75 Å². The lowest BCUT2D eigenvalue weighted by atomic mass is 10.0. The fraction of sp³-hybridized carbons (Fsp3) is 0.286. The van der Waals surface area contributed by atoms with Crippen LogP contribution in [0.1, 0.15) is 31.4 Å². The third-order valence-electron chi connectivity index (χ3n) is 5.62. The number of nitrogens with zero attached hydrogens (tertiary/aromatic N) is 1. The molecule has 6 heteroatoms. The molecule has 3 rings (SSSR count). The van der Waals surface area contributed by atoms with Crippen LogP contribution in [-0.4, -0.2) is 34.6 Å². The molecule has 0 spiro atoms. The molecule has 0 unspecified atom stereocenters. The van der Waals surface area contributed by atoms with Crippen molar-refractivity contribution >= 4 is 35.2 Å². The van der Waals surface area contributed by atoms with Crippen molar-refractivity contribution in [3.05, 3.63) is 101 Å². The molecule has 0 bridgehead atoms. The molecule has 0 aromatic heterocycles. The number of nitrogens with one attached hydrogen (secondary N) is 1. The zero-order valence-corrected chi connectivity index (χ0v) is 21.2. The molecule has 0 radical (unpaired) electrons. The second kappa shape index (κ2) is 13.2. The van der Waals surface area contributed by atoms with E-state index in [9.17, 15) is 9.59 Å². The van der Waals surface area contributed by atoms with Crippen LogP contribution in [-0.2, 0) is 22.6 Å². The molecule has 2 atom stereocenters. The van der Waals surface area contributed by atoms with Crippen molar-refractivity contribution in [1.29, 1.82) is 0 Å². The minimum Gasteiger partial charge on any atom is -0.352 e. The van der Waals surface area contributed by atoms with Gasteiger partial charge in [-0.05, 0) is 48.7 Å². The molecular weight excluding hydrogens is 464 g/mol. The standard InChI is InChI=1S/C28H31ClN2O2S/c1-3-21(2)30-28(33)26(18-22-11-6-4-7-12-22)31(19-23-13-10-14-24(29)17-23)27(32)20-34-25-15-8-5-9-16-25/h4-17,21,26H,3,18-20H2,1-2H3,(H,30,33)/t21-,26-/m0/s1. The monoisotopic (exact) mass is 494 g/mol. The predicted molar refractivity (Wildman–Crippen MR) is 141 cm³/mol. The highest BCUT2D eigenvalue weighted by atomic mass is 35.5. The second-order valence-electron chi connectivity index (χ2n) is 8.28. The number of hydrogen-bond acceptors (Lipinski definition) is 3.